The Bertz CT molecular complexity index is 1810. The van der Waals surface area contributed by atoms with E-state index in [1.54, 1.807) is 18.2 Å². The summed E-state index contributed by atoms with van der Waals surface area (Å²) in [6.45, 7) is 8.12. The van der Waals surface area contributed by atoms with Crippen LogP contribution in [0.5, 0.6) is 0 Å². The molecule has 244 valence electrons. The van der Waals surface area contributed by atoms with E-state index in [0.717, 1.165) is 29.3 Å². The number of nitro benzene ring substituents is 1. The third-order valence-corrected chi connectivity index (χ3v) is 14.9. The van der Waals surface area contributed by atoms with E-state index < -0.39 is 25.1 Å². The summed E-state index contributed by atoms with van der Waals surface area (Å²) in [5.41, 5.74) is 5.20. The molecular weight excluding hydrogens is 616 g/mol. The number of β-lactam (4-membered cyclic amide) rings is 1. The molecule has 2 heterocycles. The molecule has 1 fully saturated rings. The number of ketones is 1. The number of esters is 1. The number of ether oxygens (including phenoxy) is 1. The van der Waals surface area contributed by atoms with Crippen LogP contribution < -0.4 is 0 Å². The summed E-state index contributed by atoms with van der Waals surface area (Å²) < 4.78 is 12.4. The monoisotopic (exact) mass is 654 g/mol. The number of fused-ring (bicyclic) bond motifs is 4. The number of aliphatic hydroxyl groups is 1. The second-order valence-electron chi connectivity index (χ2n) is 12.5. The van der Waals surface area contributed by atoms with Crippen molar-refractivity contribution >= 4 is 37.2 Å². The van der Waals surface area contributed by atoms with Gasteiger partial charge in [-0.2, -0.15) is 0 Å². The zero-order valence-corrected chi connectivity index (χ0v) is 27.9. The van der Waals surface area contributed by atoms with Gasteiger partial charge < -0.3 is 19.2 Å². The topological polar surface area (TPSA) is 136 Å². The Labute approximate surface area is 274 Å². The number of amides is 1. The lowest BCUT2D eigenvalue weighted by Crippen LogP contribution is -2.63. The molecule has 2 aliphatic heterocycles. The molecule has 1 saturated heterocycles. The third kappa shape index (κ3) is 5.51. The van der Waals surface area contributed by atoms with Crippen LogP contribution in [0.4, 0.5) is 5.69 Å². The maximum atomic E-state index is 13.8. The summed E-state index contributed by atoms with van der Waals surface area (Å²) in [6, 6.07) is 19.1. The quantitative estimate of drug-likeness (QED) is 0.0610. The van der Waals surface area contributed by atoms with E-state index in [1.807, 2.05) is 25.1 Å². The van der Waals surface area contributed by atoms with Gasteiger partial charge in [-0.1, -0.05) is 45.0 Å². The Kier molecular flexibility index (Phi) is 8.73. The Morgan fingerprint density at radius 2 is 1.62 bits per heavy atom. The van der Waals surface area contributed by atoms with Gasteiger partial charge in [0, 0.05) is 23.3 Å². The molecule has 1 N–H and O–H groups in total. The number of hydrogen-bond donors (Lipinski definition) is 1. The van der Waals surface area contributed by atoms with E-state index in [1.165, 1.54) is 29.2 Å². The van der Waals surface area contributed by atoms with E-state index in [2.05, 4.69) is 20.8 Å². The van der Waals surface area contributed by atoms with Crippen LogP contribution in [0, 0.1) is 16.0 Å². The molecule has 11 heteroatoms. The van der Waals surface area contributed by atoms with Crippen molar-refractivity contribution in [2.45, 2.75) is 77.6 Å². The number of nitro groups is 1. The number of non-ortho nitro benzene ring substituents is 1. The van der Waals surface area contributed by atoms with Gasteiger partial charge in [-0.3, -0.25) is 19.7 Å². The Morgan fingerprint density at radius 1 is 0.957 bits per heavy atom. The molecule has 3 aliphatic rings. The molecule has 0 radical (unpaired) electrons. The maximum Gasteiger partial charge on any atom is 0.355 e. The van der Waals surface area contributed by atoms with Crippen molar-refractivity contribution in [2.24, 2.45) is 5.92 Å². The van der Waals surface area contributed by atoms with E-state index in [9.17, 15) is 29.6 Å². The number of carbonyl (C=O) groups is 3. The lowest BCUT2D eigenvalue weighted by Gasteiger charge is -2.48. The van der Waals surface area contributed by atoms with Crippen LogP contribution in [0.1, 0.15) is 66.7 Å². The summed E-state index contributed by atoms with van der Waals surface area (Å²) in [5, 5.41) is 20.7. The van der Waals surface area contributed by atoms with Crippen LogP contribution in [-0.4, -0.2) is 53.1 Å². The van der Waals surface area contributed by atoms with Crippen LogP contribution in [0.15, 0.2) is 66.4 Å². The summed E-state index contributed by atoms with van der Waals surface area (Å²) in [4.78, 5) is 53.2. The highest BCUT2D eigenvalue weighted by Gasteiger charge is 2.58. The molecule has 3 atom stereocenters. The zero-order chi connectivity index (χ0) is 33.6. The van der Waals surface area contributed by atoms with Crippen molar-refractivity contribution in [3.8, 4) is 11.1 Å². The zero-order valence-electron chi connectivity index (χ0n) is 26.9. The summed E-state index contributed by atoms with van der Waals surface area (Å²) in [6.07, 6.45) is 0.0865. The number of hydrogen-bond acceptors (Lipinski definition) is 8. The number of benzene rings is 3. The second-order valence-corrected chi connectivity index (χ2v) is 17.2. The van der Waals surface area contributed by atoms with Gasteiger partial charge in [0.15, 0.2) is 14.1 Å². The van der Waals surface area contributed by atoms with Crippen LogP contribution in [-0.2, 0) is 32.0 Å². The minimum atomic E-state index is -2.01. The molecule has 1 aliphatic carbocycles. The Morgan fingerprint density at radius 3 is 2.26 bits per heavy atom. The number of aliphatic hydroxyl groups excluding tert-OH is 1. The van der Waals surface area contributed by atoms with Gasteiger partial charge in [-0.25, -0.2) is 4.79 Å². The average molecular weight is 655 g/mol. The summed E-state index contributed by atoms with van der Waals surface area (Å²) in [5.74, 6) is -1.42. The van der Waals surface area contributed by atoms with Crippen LogP contribution in [0.25, 0.3) is 16.7 Å². The standard InChI is InChI=1S/C36H38N2O8Si/c1-5-47(6-2,7-3)46-21(4)32-31-18-28(24-11-15-26-29-16-23(19-39)10-14-27(29)34(40)30(26)17-24)33(37(31)35(32)41)36(42)45-20-22-8-12-25(13-9-22)38(43)44/h8-17,21,31-32,39H,5-7,18-20H2,1-4H3/t21-,31-,32-/m1/s1. The minimum absolute atomic E-state index is 0.0700. The van der Waals surface area contributed by atoms with E-state index in [4.69, 9.17) is 9.16 Å². The van der Waals surface area contributed by atoms with E-state index in [0.29, 0.717) is 39.8 Å². The normalized spacial score (nSPS) is 18.9. The first-order chi connectivity index (χ1) is 22.6. The Balaban J connectivity index is 1.33. The lowest BCUT2D eigenvalue weighted by molar-refractivity contribution is -0.384. The SMILES string of the molecule is CC[Si](CC)(CC)O[C@H](C)[C@H]1C(=O)N2C(C(=O)OCc3ccc([N+](=O)[O-])cc3)=C(c3ccc4c(c3)C(=O)c3ccc(CO)cc3-4)C[C@H]12. The second kappa shape index (κ2) is 12.6. The van der Waals surface area contributed by atoms with Crippen molar-refractivity contribution in [3.05, 3.63) is 104 Å². The van der Waals surface area contributed by atoms with Gasteiger partial charge in [0.05, 0.1) is 29.6 Å². The number of rotatable bonds is 12. The molecule has 0 aromatic heterocycles. The van der Waals surface area contributed by atoms with Crippen LogP contribution in [0.2, 0.25) is 18.1 Å². The van der Waals surface area contributed by atoms with E-state index >= 15 is 0 Å². The molecule has 1 amide bonds. The predicted octanol–water partition coefficient (Wildman–Crippen LogP) is 6.39. The summed E-state index contributed by atoms with van der Waals surface area (Å²) >= 11 is 0. The Hall–Kier alpha value is -4.45. The molecule has 0 bridgehead atoms. The highest BCUT2D eigenvalue weighted by Crippen LogP contribution is 2.49. The molecule has 0 unspecified atom stereocenters. The van der Waals surface area contributed by atoms with Gasteiger partial charge in [-0.15, -0.1) is 0 Å². The van der Waals surface area contributed by atoms with Crippen molar-refractivity contribution in [2.75, 3.05) is 0 Å². The fourth-order valence-electron chi connectivity index (χ4n) is 7.31. The molecule has 0 spiro atoms. The lowest BCUT2D eigenvalue weighted by atomic mass is 9.82. The average Bonchev–Trinajstić information content (AvgIpc) is 3.57. The molecule has 3 aromatic rings. The minimum Gasteiger partial charge on any atom is -0.456 e. The van der Waals surface area contributed by atoms with Crippen molar-refractivity contribution in [1.82, 2.24) is 4.90 Å². The van der Waals surface area contributed by atoms with Crippen molar-refractivity contribution in [1.29, 1.82) is 0 Å². The molecule has 0 saturated carbocycles. The first-order valence-corrected chi connectivity index (χ1v) is 18.7. The highest BCUT2D eigenvalue weighted by atomic mass is 28.4. The van der Waals surface area contributed by atoms with Crippen LogP contribution in [0.3, 0.4) is 0 Å². The molecule has 47 heavy (non-hydrogen) atoms. The van der Waals surface area contributed by atoms with Gasteiger partial charge in [-0.05, 0) is 89.1 Å². The number of nitrogens with zero attached hydrogens (tertiary/aromatic N) is 2. The van der Waals surface area contributed by atoms with Gasteiger partial charge >= 0.3 is 5.97 Å². The van der Waals surface area contributed by atoms with Crippen LogP contribution >= 0.6 is 0 Å². The maximum absolute atomic E-state index is 13.8. The number of carbonyl (C=O) groups excluding carboxylic acids is 3. The molecule has 3 aromatic carbocycles. The van der Waals surface area contributed by atoms with Crippen molar-refractivity contribution < 1.29 is 33.6 Å². The summed E-state index contributed by atoms with van der Waals surface area (Å²) in [7, 11) is -2.01. The molecule has 6 rings (SSSR count). The first-order valence-electron chi connectivity index (χ1n) is 16.1. The van der Waals surface area contributed by atoms with E-state index in [-0.39, 0.29) is 48.4 Å². The third-order valence-electron chi connectivity index (χ3n) is 10.2. The first kappa shape index (κ1) is 32.5. The van der Waals surface area contributed by atoms with Gasteiger partial charge in [0.2, 0.25) is 5.91 Å². The smallest absolute Gasteiger partial charge is 0.355 e. The van der Waals surface area contributed by atoms with Crippen molar-refractivity contribution in [3.63, 3.8) is 0 Å². The predicted molar refractivity (Wildman–Crippen MR) is 178 cm³/mol. The molecular formula is C36H38N2O8Si. The largest absolute Gasteiger partial charge is 0.456 e. The highest BCUT2D eigenvalue weighted by molar-refractivity contribution is 6.73. The fraction of sp³-hybridized carbons (Fsp3) is 0.361. The van der Waals surface area contributed by atoms with Gasteiger partial charge in [0.1, 0.15) is 12.3 Å². The fourth-order valence-corrected chi connectivity index (χ4v) is 10.2. The molecule has 10 nitrogen and oxygen atoms in total. The van der Waals surface area contributed by atoms with Gasteiger partial charge in [0.25, 0.3) is 5.69 Å².